The van der Waals surface area contributed by atoms with E-state index in [0.29, 0.717) is 0 Å². The zero-order valence-electron chi connectivity index (χ0n) is 10.3. The summed E-state index contributed by atoms with van der Waals surface area (Å²) >= 11 is 0. The van der Waals surface area contributed by atoms with Crippen molar-refractivity contribution in [1.82, 2.24) is 10.6 Å². The molecule has 0 fully saturated rings. The lowest BCUT2D eigenvalue weighted by molar-refractivity contribution is -0.153. The molecule has 1 aromatic carbocycles. The van der Waals surface area contributed by atoms with Gasteiger partial charge in [-0.3, -0.25) is 4.79 Å². The summed E-state index contributed by atoms with van der Waals surface area (Å²) in [5, 5.41) is 5.53. The number of carbonyl (C=O) groups excluding carboxylic acids is 1. The second-order valence-electron chi connectivity index (χ2n) is 4.55. The Bertz CT molecular complexity index is 459. The molecular weight excluding hydrogens is 257 g/mol. The third kappa shape index (κ3) is 3.96. The highest BCUT2D eigenvalue weighted by molar-refractivity contribution is 5.76. The Kier molecular flexibility index (Phi) is 4.09. The number of hydrogen-bond donors (Lipinski definition) is 2. The molecule has 0 aromatic heterocycles. The number of nitrogens with one attached hydrogen (secondary N) is 2. The largest absolute Gasteiger partial charge is 0.397 e. The van der Waals surface area contributed by atoms with Crippen LogP contribution in [0.3, 0.4) is 0 Å². The van der Waals surface area contributed by atoms with Gasteiger partial charge in [0.1, 0.15) is 6.42 Å². The first-order valence-electron chi connectivity index (χ1n) is 6.10. The fraction of sp³-hybridized carbons (Fsp3) is 0.462. The number of halogens is 3. The average molecular weight is 272 g/mol. The van der Waals surface area contributed by atoms with Crippen molar-refractivity contribution in [2.24, 2.45) is 0 Å². The molecule has 2 N–H and O–H groups in total. The summed E-state index contributed by atoms with van der Waals surface area (Å²) in [5.74, 6) is -0.989. The third-order valence-electron chi connectivity index (χ3n) is 3.08. The van der Waals surface area contributed by atoms with Gasteiger partial charge in [-0.05, 0) is 24.1 Å². The third-order valence-corrected chi connectivity index (χ3v) is 3.08. The Labute approximate surface area is 109 Å². The molecule has 0 spiro atoms. The number of alkyl halides is 3. The number of amides is 1. The van der Waals surface area contributed by atoms with Crippen LogP contribution in [0.1, 0.15) is 23.6 Å². The van der Waals surface area contributed by atoms with Crippen molar-refractivity contribution in [3.8, 4) is 0 Å². The second-order valence-corrected chi connectivity index (χ2v) is 4.55. The van der Waals surface area contributed by atoms with Gasteiger partial charge >= 0.3 is 6.18 Å². The number of rotatable bonds is 3. The molecule has 0 saturated heterocycles. The fourth-order valence-corrected chi connectivity index (χ4v) is 2.24. The molecule has 1 heterocycles. The van der Waals surface area contributed by atoms with Crippen molar-refractivity contribution in [3.63, 3.8) is 0 Å². The molecule has 0 aliphatic carbocycles. The van der Waals surface area contributed by atoms with E-state index in [0.717, 1.165) is 18.5 Å². The van der Waals surface area contributed by atoms with Gasteiger partial charge in [-0.2, -0.15) is 13.2 Å². The van der Waals surface area contributed by atoms with Crippen molar-refractivity contribution in [1.29, 1.82) is 0 Å². The topological polar surface area (TPSA) is 41.1 Å². The van der Waals surface area contributed by atoms with E-state index in [-0.39, 0.29) is 12.6 Å². The van der Waals surface area contributed by atoms with Gasteiger partial charge < -0.3 is 10.6 Å². The van der Waals surface area contributed by atoms with E-state index < -0.39 is 18.5 Å². The first-order valence-corrected chi connectivity index (χ1v) is 6.10. The highest BCUT2D eigenvalue weighted by atomic mass is 19.4. The van der Waals surface area contributed by atoms with Gasteiger partial charge in [-0.25, -0.2) is 0 Å². The molecule has 3 nitrogen and oxygen atoms in total. The van der Waals surface area contributed by atoms with Crippen LogP contribution in [0, 0.1) is 0 Å². The lowest BCUT2D eigenvalue weighted by Crippen LogP contribution is -2.39. The molecule has 1 atom stereocenters. The molecule has 2 rings (SSSR count). The predicted molar refractivity (Wildman–Crippen MR) is 64.6 cm³/mol. The normalized spacial score (nSPS) is 18.8. The van der Waals surface area contributed by atoms with E-state index in [1.165, 1.54) is 5.56 Å². The van der Waals surface area contributed by atoms with Crippen LogP contribution in [-0.4, -0.2) is 25.2 Å². The van der Waals surface area contributed by atoms with E-state index in [9.17, 15) is 18.0 Å². The van der Waals surface area contributed by atoms with Gasteiger partial charge in [-0.15, -0.1) is 0 Å². The summed E-state index contributed by atoms with van der Waals surface area (Å²) in [4.78, 5) is 11.2. The van der Waals surface area contributed by atoms with Gasteiger partial charge in [0.05, 0.1) is 0 Å². The minimum Gasteiger partial charge on any atom is -0.354 e. The van der Waals surface area contributed by atoms with Crippen LogP contribution < -0.4 is 10.6 Å². The van der Waals surface area contributed by atoms with Crippen LogP contribution in [0.4, 0.5) is 13.2 Å². The number of fused-ring (bicyclic) bond motifs is 1. The SMILES string of the molecule is O=C(CC(F)(F)F)NCC1NCCc2ccccc21. The predicted octanol–water partition coefficient (Wildman–Crippen LogP) is 1.94. The first-order chi connectivity index (χ1) is 8.96. The van der Waals surface area contributed by atoms with Crippen LogP contribution in [0.25, 0.3) is 0 Å². The monoisotopic (exact) mass is 272 g/mol. The van der Waals surface area contributed by atoms with Crippen molar-refractivity contribution in [3.05, 3.63) is 35.4 Å². The summed E-state index contributed by atoms with van der Waals surface area (Å²) in [7, 11) is 0. The summed E-state index contributed by atoms with van der Waals surface area (Å²) in [6.07, 6.45) is -4.99. The highest BCUT2D eigenvalue weighted by Crippen LogP contribution is 2.22. The van der Waals surface area contributed by atoms with Crippen molar-refractivity contribution in [2.45, 2.75) is 25.1 Å². The maximum atomic E-state index is 12.0. The Hall–Kier alpha value is -1.56. The average Bonchev–Trinajstić information content (AvgIpc) is 2.34. The van der Waals surface area contributed by atoms with Gasteiger partial charge in [0, 0.05) is 12.6 Å². The number of benzene rings is 1. The quantitative estimate of drug-likeness (QED) is 0.883. The van der Waals surface area contributed by atoms with Gasteiger partial charge in [0.15, 0.2) is 0 Å². The molecule has 1 aromatic rings. The second kappa shape index (κ2) is 5.61. The molecule has 104 valence electrons. The number of hydrogen-bond acceptors (Lipinski definition) is 2. The van der Waals surface area contributed by atoms with Gasteiger partial charge in [-0.1, -0.05) is 24.3 Å². The van der Waals surface area contributed by atoms with Gasteiger partial charge in [0.2, 0.25) is 5.91 Å². The van der Waals surface area contributed by atoms with E-state index in [2.05, 4.69) is 10.6 Å². The summed E-state index contributed by atoms with van der Waals surface area (Å²) in [6, 6.07) is 7.63. The summed E-state index contributed by atoms with van der Waals surface area (Å²) in [6.45, 7) is 0.933. The Morgan fingerprint density at radius 2 is 2.11 bits per heavy atom. The minimum atomic E-state index is -4.46. The molecule has 1 amide bonds. The number of carbonyl (C=O) groups is 1. The zero-order chi connectivity index (χ0) is 13.9. The Balaban J connectivity index is 1.93. The Morgan fingerprint density at radius 1 is 1.37 bits per heavy atom. The summed E-state index contributed by atoms with van der Waals surface area (Å²) < 4.78 is 36.1. The van der Waals surface area contributed by atoms with Crippen LogP contribution in [0.15, 0.2) is 24.3 Å². The standard InChI is InChI=1S/C13H15F3N2O/c14-13(15,16)7-12(19)18-8-11-10-4-2-1-3-9(10)5-6-17-11/h1-4,11,17H,5-8H2,(H,18,19). The lowest BCUT2D eigenvalue weighted by atomic mass is 9.94. The first kappa shape index (κ1) is 13.9. The lowest BCUT2D eigenvalue weighted by Gasteiger charge is -2.27. The minimum absolute atomic E-state index is 0.123. The molecule has 1 aliphatic heterocycles. The van der Waals surface area contributed by atoms with Crippen LogP contribution in [0.2, 0.25) is 0 Å². The fourth-order valence-electron chi connectivity index (χ4n) is 2.24. The van der Waals surface area contributed by atoms with Crippen LogP contribution in [0.5, 0.6) is 0 Å². The van der Waals surface area contributed by atoms with Crippen LogP contribution >= 0.6 is 0 Å². The van der Waals surface area contributed by atoms with Crippen molar-refractivity contribution >= 4 is 5.91 Å². The molecule has 0 bridgehead atoms. The maximum Gasteiger partial charge on any atom is 0.397 e. The molecule has 0 saturated carbocycles. The Morgan fingerprint density at radius 3 is 2.84 bits per heavy atom. The van der Waals surface area contributed by atoms with E-state index in [1.54, 1.807) is 0 Å². The smallest absolute Gasteiger partial charge is 0.354 e. The highest BCUT2D eigenvalue weighted by Gasteiger charge is 2.31. The van der Waals surface area contributed by atoms with Crippen molar-refractivity contribution in [2.75, 3.05) is 13.1 Å². The zero-order valence-corrected chi connectivity index (χ0v) is 10.3. The van der Waals surface area contributed by atoms with Crippen molar-refractivity contribution < 1.29 is 18.0 Å². The van der Waals surface area contributed by atoms with E-state index in [1.807, 2.05) is 24.3 Å². The molecule has 19 heavy (non-hydrogen) atoms. The van der Waals surface area contributed by atoms with Gasteiger partial charge in [0.25, 0.3) is 0 Å². The molecular formula is C13H15F3N2O. The molecule has 1 unspecified atom stereocenters. The molecule has 1 aliphatic rings. The molecule has 6 heteroatoms. The van der Waals surface area contributed by atoms with Crippen LogP contribution in [-0.2, 0) is 11.2 Å². The molecule has 0 radical (unpaired) electrons. The maximum absolute atomic E-state index is 12.0. The summed E-state index contributed by atoms with van der Waals surface area (Å²) in [5.41, 5.74) is 2.22. The van der Waals surface area contributed by atoms with E-state index >= 15 is 0 Å². The van der Waals surface area contributed by atoms with E-state index in [4.69, 9.17) is 0 Å².